The Morgan fingerprint density at radius 2 is 1.85 bits per heavy atom. The second-order valence-electron chi connectivity index (χ2n) is 5.32. The second kappa shape index (κ2) is 9.41. The van der Waals surface area contributed by atoms with Crippen LogP contribution in [0.4, 0.5) is 0 Å². The van der Waals surface area contributed by atoms with E-state index in [1.165, 1.54) is 23.1 Å². The number of carbonyl (C=O) groups excluding carboxylic acids is 1. The molecule has 0 aliphatic heterocycles. The van der Waals surface area contributed by atoms with E-state index in [2.05, 4.69) is 10.4 Å². The van der Waals surface area contributed by atoms with Crippen LogP contribution in [0.5, 0.6) is 0 Å². The van der Waals surface area contributed by atoms with Crippen molar-refractivity contribution < 1.29 is 4.79 Å². The van der Waals surface area contributed by atoms with Crippen molar-refractivity contribution in [2.24, 2.45) is 0 Å². The number of hydrogen-bond acceptors (Lipinski definition) is 5. The number of rotatable bonds is 6. The summed E-state index contributed by atoms with van der Waals surface area (Å²) in [4.78, 5) is 12.1. The average Bonchev–Trinajstić information content (AvgIpc) is 3.00. The van der Waals surface area contributed by atoms with Crippen molar-refractivity contribution in [1.82, 2.24) is 15.1 Å². The SMILES string of the molecule is O=C(CSc1nn(-c2ccc(Cl)cc2)c(=S)s1)NCc1ccc(Cl)cc1Cl. The quantitative estimate of drug-likeness (QED) is 0.348. The smallest absolute Gasteiger partial charge is 0.230 e. The normalized spacial score (nSPS) is 10.8. The first-order valence-electron chi connectivity index (χ1n) is 7.62. The van der Waals surface area contributed by atoms with Crippen LogP contribution in [0.2, 0.25) is 15.1 Å². The lowest BCUT2D eigenvalue weighted by Gasteiger charge is -2.06. The van der Waals surface area contributed by atoms with E-state index in [4.69, 9.17) is 47.0 Å². The number of aromatic nitrogens is 2. The van der Waals surface area contributed by atoms with Crippen molar-refractivity contribution in [3.05, 3.63) is 67.1 Å². The van der Waals surface area contributed by atoms with Crippen molar-refractivity contribution in [1.29, 1.82) is 0 Å². The fraction of sp³-hybridized carbons (Fsp3) is 0.118. The molecular formula is C17H12Cl3N3OS3. The Labute approximate surface area is 184 Å². The molecule has 140 valence electrons. The van der Waals surface area contributed by atoms with Crippen LogP contribution in [-0.2, 0) is 11.3 Å². The summed E-state index contributed by atoms with van der Waals surface area (Å²) in [7, 11) is 0. The van der Waals surface area contributed by atoms with Gasteiger partial charge in [0.2, 0.25) is 5.91 Å². The van der Waals surface area contributed by atoms with Crippen molar-refractivity contribution in [3.8, 4) is 5.69 Å². The number of thioether (sulfide) groups is 1. The van der Waals surface area contributed by atoms with Crippen LogP contribution in [0.1, 0.15) is 5.56 Å². The maximum Gasteiger partial charge on any atom is 0.230 e. The van der Waals surface area contributed by atoms with Crippen LogP contribution in [0, 0.1) is 3.95 Å². The minimum atomic E-state index is -0.120. The molecule has 10 heteroatoms. The summed E-state index contributed by atoms with van der Waals surface area (Å²) in [6.07, 6.45) is 0. The monoisotopic (exact) mass is 475 g/mol. The molecule has 1 aromatic heterocycles. The highest BCUT2D eigenvalue weighted by Crippen LogP contribution is 2.25. The predicted molar refractivity (Wildman–Crippen MR) is 116 cm³/mol. The van der Waals surface area contributed by atoms with Gasteiger partial charge >= 0.3 is 0 Å². The Bertz CT molecular complexity index is 1020. The Morgan fingerprint density at radius 1 is 1.15 bits per heavy atom. The first-order valence-corrected chi connectivity index (χ1v) is 11.0. The van der Waals surface area contributed by atoms with Crippen LogP contribution in [0.15, 0.2) is 46.8 Å². The van der Waals surface area contributed by atoms with E-state index >= 15 is 0 Å². The largest absolute Gasteiger partial charge is 0.351 e. The van der Waals surface area contributed by atoms with E-state index in [1.54, 1.807) is 35.0 Å². The zero-order valence-corrected chi connectivity index (χ0v) is 18.3. The molecule has 0 atom stereocenters. The molecule has 2 aromatic carbocycles. The molecule has 0 saturated carbocycles. The molecule has 1 amide bonds. The summed E-state index contributed by atoms with van der Waals surface area (Å²) in [6.45, 7) is 0.338. The first-order chi connectivity index (χ1) is 12.9. The molecule has 0 aliphatic carbocycles. The van der Waals surface area contributed by atoms with E-state index in [1.807, 2.05) is 12.1 Å². The Hall–Kier alpha value is -1.09. The third-order valence-electron chi connectivity index (χ3n) is 3.42. The summed E-state index contributed by atoms with van der Waals surface area (Å²) in [5.41, 5.74) is 1.64. The van der Waals surface area contributed by atoms with Crippen LogP contribution in [0.3, 0.4) is 0 Å². The van der Waals surface area contributed by atoms with Gasteiger partial charge in [0.05, 0.1) is 11.4 Å². The molecule has 0 spiro atoms. The lowest BCUT2D eigenvalue weighted by molar-refractivity contribution is -0.118. The van der Waals surface area contributed by atoms with E-state index in [0.29, 0.717) is 25.6 Å². The van der Waals surface area contributed by atoms with E-state index < -0.39 is 0 Å². The van der Waals surface area contributed by atoms with Crippen molar-refractivity contribution in [2.75, 3.05) is 5.75 Å². The van der Waals surface area contributed by atoms with Gasteiger partial charge in [-0.25, -0.2) is 4.68 Å². The third kappa shape index (κ3) is 5.70. The molecule has 0 radical (unpaired) electrons. The predicted octanol–water partition coefficient (Wildman–Crippen LogP) is 6.03. The molecule has 0 saturated heterocycles. The third-order valence-corrected chi connectivity index (χ3v) is 6.62. The molecule has 0 aliphatic rings. The van der Waals surface area contributed by atoms with Gasteiger partial charge in [0.1, 0.15) is 0 Å². The lowest BCUT2D eigenvalue weighted by atomic mass is 10.2. The summed E-state index contributed by atoms with van der Waals surface area (Å²) < 4.78 is 2.98. The lowest BCUT2D eigenvalue weighted by Crippen LogP contribution is -2.24. The number of amides is 1. The average molecular weight is 477 g/mol. The topological polar surface area (TPSA) is 46.9 Å². The van der Waals surface area contributed by atoms with Crippen molar-refractivity contribution in [3.63, 3.8) is 0 Å². The van der Waals surface area contributed by atoms with Crippen LogP contribution < -0.4 is 5.32 Å². The number of benzene rings is 2. The van der Waals surface area contributed by atoms with E-state index in [0.717, 1.165) is 15.6 Å². The fourth-order valence-corrected chi connectivity index (χ4v) is 4.89. The van der Waals surface area contributed by atoms with E-state index in [-0.39, 0.29) is 11.7 Å². The van der Waals surface area contributed by atoms with Crippen molar-refractivity contribution >= 4 is 76.0 Å². The Balaban J connectivity index is 1.57. The van der Waals surface area contributed by atoms with Crippen LogP contribution in [-0.4, -0.2) is 21.4 Å². The molecule has 0 bridgehead atoms. The first kappa shape index (κ1) is 20.6. The highest BCUT2D eigenvalue weighted by molar-refractivity contribution is 8.01. The molecule has 1 heterocycles. The Kier molecular flexibility index (Phi) is 7.19. The summed E-state index contributed by atoms with van der Waals surface area (Å²) >= 11 is 25.9. The van der Waals surface area contributed by atoms with Crippen LogP contribution in [0.25, 0.3) is 5.69 Å². The van der Waals surface area contributed by atoms with Gasteiger partial charge in [-0.1, -0.05) is 64.0 Å². The molecule has 3 aromatic rings. The molecule has 27 heavy (non-hydrogen) atoms. The molecule has 3 rings (SSSR count). The van der Waals surface area contributed by atoms with E-state index in [9.17, 15) is 4.79 Å². The minimum Gasteiger partial charge on any atom is -0.351 e. The number of halogens is 3. The summed E-state index contributed by atoms with van der Waals surface area (Å²) in [5, 5.41) is 9.02. The second-order valence-corrected chi connectivity index (χ2v) is 9.45. The highest BCUT2D eigenvalue weighted by Gasteiger charge is 2.10. The maximum absolute atomic E-state index is 12.1. The molecule has 0 unspecified atom stereocenters. The van der Waals surface area contributed by atoms with Gasteiger partial charge < -0.3 is 5.32 Å². The number of nitrogens with zero attached hydrogens (tertiary/aromatic N) is 2. The zero-order chi connectivity index (χ0) is 19.4. The van der Waals surface area contributed by atoms with Gasteiger partial charge in [-0.3, -0.25) is 4.79 Å². The van der Waals surface area contributed by atoms with Gasteiger partial charge in [-0.05, 0) is 54.2 Å². The fourth-order valence-electron chi connectivity index (χ4n) is 2.10. The standard InChI is InChI=1S/C17H12Cl3N3OS3/c18-11-3-5-13(6-4-11)23-17(25)27-16(22-23)26-9-15(24)21-8-10-1-2-12(19)7-14(10)20/h1-7H,8-9H2,(H,21,24). The molecule has 1 N–H and O–H groups in total. The minimum absolute atomic E-state index is 0.120. The van der Waals surface area contributed by atoms with Crippen molar-refractivity contribution in [2.45, 2.75) is 10.9 Å². The van der Waals surface area contributed by atoms with Gasteiger partial charge in [0.15, 0.2) is 8.29 Å². The maximum atomic E-state index is 12.1. The summed E-state index contributed by atoms with van der Waals surface area (Å²) in [5.74, 6) is 0.110. The van der Waals surface area contributed by atoms with Gasteiger partial charge in [-0.15, -0.1) is 5.10 Å². The molecule has 4 nitrogen and oxygen atoms in total. The zero-order valence-electron chi connectivity index (χ0n) is 13.6. The van der Waals surface area contributed by atoms with Gasteiger partial charge in [0.25, 0.3) is 0 Å². The highest BCUT2D eigenvalue weighted by atomic mass is 35.5. The summed E-state index contributed by atoms with van der Waals surface area (Å²) in [6, 6.07) is 12.4. The number of carbonyl (C=O) groups is 1. The Morgan fingerprint density at radius 3 is 2.56 bits per heavy atom. The van der Waals surface area contributed by atoms with Gasteiger partial charge in [0, 0.05) is 21.6 Å². The number of hydrogen-bond donors (Lipinski definition) is 1. The molecule has 0 fully saturated rings. The number of nitrogens with one attached hydrogen (secondary N) is 1. The van der Waals surface area contributed by atoms with Gasteiger partial charge in [-0.2, -0.15) is 0 Å². The molecular weight excluding hydrogens is 465 g/mol. The van der Waals surface area contributed by atoms with Crippen LogP contribution >= 0.6 is 70.1 Å².